The maximum absolute atomic E-state index is 13.2. The van der Waals surface area contributed by atoms with Gasteiger partial charge in [0.25, 0.3) is 23.6 Å². The predicted molar refractivity (Wildman–Crippen MR) is 427 cm³/mol. The third-order valence-electron chi connectivity index (χ3n) is 21.7. The summed E-state index contributed by atoms with van der Waals surface area (Å²) in [7, 11) is 0. The second-order valence-electron chi connectivity index (χ2n) is 30.3. The van der Waals surface area contributed by atoms with Gasteiger partial charge < -0.3 is 51.8 Å². The molecule has 34 heteroatoms. The molecule has 4 saturated heterocycles. The fraction of sp³-hybridized carbons (Fsp3) is 0.470. The van der Waals surface area contributed by atoms with Gasteiger partial charge in [0.2, 0.25) is 23.6 Å². The smallest absolute Gasteiger partial charge is 0.305 e. The number of hydrogen-bond acceptors (Lipinski definition) is 29. The van der Waals surface area contributed by atoms with E-state index in [1.54, 1.807) is 42.5 Å². The van der Waals surface area contributed by atoms with Crippen LogP contribution < -0.4 is 37.6 Å². The number of aliphatic carboxylic acids is 1. The molecule has 6 aromatic rings. The maximum atomic E-state index is 13.2. The van der Waals surface area contributed by atoms with E-state index in [1.807, 2.05) is 6.07 Å². The van der Waals surface area contributed by atoms with E-state index < -0.39 is 77.5 Å². The van der Waals surface area contributed by atoms with Gasteiger partial charge in [-0.1, -0.05) is 60.7 Å². The third-order valence-corrected chi connectivity index (χ3v) is 21.7. The highest BCUT2D eigenvalue weighted by Gasteiger charge is 2.47. The van der Waals surface area contributed by atoms with Gasteiger partial charge in [-0.3, -0.25) is 97.6 Å². The number of amides is 8. The number of carbonyl (C=O) groups is 12. The summed E-state index contributed by atoms with van der Waals surface area (Å²) in [6, 6.07) is 28.3. The molecule has 2 aromatic heterocycles. The summed E-state index contributed by atoms with van der Waals surface area (Å²) in [6.07, 6.45) is 6.60. The van der Waals surface area contributed by atoms with E-state index in [2.05, 4.69) is 114 Å². The summed E-state index contributed by atoms with van der Waals surface area (Å²) >= 11 is 0. The molecule has 14 rings (SSSR count). The molecular formula is C83H101N17O17. The standard InChI is InChI=1S/C42H50N8O8.C23H32N6O2.C18H19N3O7/c51-30(15-19-58-20-16-43-33-9-3-8-32-39(33)42(57)50(41(32)56)35-11-13-38(54)47-40(35)55)7-4-17-48-23-29(24-48)46-37-21-34(44-26-45-37)36(53)12-10-31(52)25-49-18-14-27-5-1-2-6-28(27)22-49;24-8-10-29-13-19(14-29)27-23-11-21(25-16-26-23)22(31)6-5-20(30)15-28-9-7-17-3-1-2-4-18(17)12-28;22-13-5-4-12(16(25)20-13)21-17(26)10-2-1-3-11(15(10)18(21)27)19-7-9-28-8-6-14(23)24/h1-3,5-6,8-9,21,26,29,31,35,43,52H,4,7,10-20,22-25H2,(H,44,45,46)(H,47,54,55);1-4,11,16,19-20,30H,5-10,12-15,24H2,(H,25,26,27);1-3,12,19H,4-9H2,(H,23,24)(H,20,22,25)/t31-,35?;20-;/m00./s1. The van der Waals surface area contributed by atoms with E-state index in [1.165, 1.54) is 41.0 Å². The summed E-state index contributed by atoms with van der Waals surface area (Å²) in [6.45, 7) is 11.9. The minimum atomic E-state index is -1.03. The number of carboxylic acids is 1. The number of ether oxygens (including phenoxy) is 2. The van der Waals surface area contributed by atoms with Crippen molar-refractivity contribution in [3.63, 3.8) is 0 Å². The fourth-order valence-corrected chi connectivity index (χ4v) is 15.5. The molecule has 0 spiro atoms. The van der Waals surface area contributed by atoms with Crippen molar-refractivity contribution < 1.29 is 82.3 Å². The van der Waals surface area contributed by atoms with Crippen molar-refractivity contribution in [1.29, 1.82) is 0 Å². The number of nitrogens with zero attached hydrogens (tertiary/aromatic N) is 10. The van der Waals surface area contributed by atoms with E-state index in [-0.39, 0.29) is 117 Å². The van der Waals surface area contributed by atoms with Gasteiger partial charge in [-0.25, -0.2) is 19.9 Å². The number of aliphatic hydroxyl groups excluding tert-OH is 2. The van der Waals surface area contributed by atoms with Crippen LogP contribution in [0, 0.1) is 0 Å². The van der Waals surface area contributed by atoms with Crippen LogP contribution in [0.4, 0.5) is 23.0 Å². The fourth-order valence-electron chi connectivity index (χ4n) is 15.5. The number of nitrogens with one attached hydrogen (secondary N) is 6. The number of aliphatic hydroxyl groups is 2. The molecule has 0 radical (unpaired) electrons. The average molecular weight is 1610 g/mol. The molecule has 620 valence electrons. The SMILES string of the molecule is NCCN1CC(Nc2cc(C(=O)CC[C@H](O)CN3CCc4ccccc4C3)ncn2)C1.O=C(CCCN1CC(Nc2cc(C(=O)CC[C@H](O)CN3CCc4ccccc4C3)ncn2)C1)CCOCCNc1cccc2c1C(=O)N(C1CCC(=O)NC1=O)C2=O.O=C(O)CCOCCNc1cccc2c1C(=O)N(C1CCC(=O)NC1=O)C2=O. The number of carboxylic acid groups (broad SMARTS) is 1. The van der Waals surface area contributed by atoms with Gasteiger partial charge in [-0.2, -0.15) is 0 Å². The van der Waals surface area contributed by atoms with Gasteiger partial charge in [0.1, 0.15) is 53.5 Å². The van der Waals surface area contributed by atoms with Crippen LogP contribution in [0.3, 0.4) is 0 Å². The van der Waals surface area contributed by atoms with Gasteiger partial charge in [0.05, 0.1) is 79.4 Å². The number of hydrogen-bond donors (Lipinski definition) is 10. The summed E-state index contributed by atoms with van der Waals surface area (Å²) < 4.78 is 10.8. The molecule has 117 heavy (non-hydrogen) atoms. The zero-order valence-electron chi connectivity index (χ0n) is 65.3. The van der Waals surface area contributed by atoms with E-state index in [9.17, 15) is 67.7 Å². The number of piperidine rings is 2. The number of aromatic nitrogens is 4. The Bertz CT molecular complexity index is 4630. The van der Waals surface area contributed by atoms with Crippen LogP contribution in [0.15, 0.2) is 110 Å². The molecule has 0 aliphatic carbocycles. The highest BCUT2D eigenvalue weighted by atomic mass is 16.5. The molecule has 4 atom stereocenters. The van der Waals surface area contributed by atoms with Gasteiger partial charge in [0.15, 0.2) is 11.6 Å². The van der Waals surface area contributed by atoms with Gasteiger partial charge in [0, 0.05) is 154 Å². The van der Waals surface area contributed by atoms with Crippen molar-refractivity contribution >= 4 is 93.6 Å². The summed E-state index contributed by atoms with van der Waals surface area (Å²) in [5.74, 6) is -4.25. The quantitative estimate of drug-likeness (QED) is 0.0151. The lowest BCUT2D eigenvalue weighted by atomic mass is 9.99. The number of carbonyl (C=O) groups excluding carboxylic acids is 11. The first-order chi connectivity index (χ1) is 56.6. The molecule has 4 aromatic carbocycles. The number of anilines is 4. The summed E-state index contributed by atoms with van der Waals surface area (Å²) in [4.78, 5) is 175. The molecule has 4 fully saturated rings. The van der Waals surface area contributed by atoms with Crippen molar-refractivity contribution in [3.8, 4) is 0 Å². The Morgan fingerprint density at radius 1 is 0.504 bits per heavy atom. The number of benzene rings is 4. The largest absolute Gasteiger partial charge is 0.481 e. The normalized spacial score (nSPS) is 18.8. The highest BCUT2D eigenvalue weighted by molar-refractivity contribution is 6.26. The Hall–Kier alpha value is -11.1. The monoisotopic (exact) mass is 1610 g/mol. The molecule has 8 amide bonds. The third kappa shape index (κ3) is 23.0. The van der Waals surface area contributed by atoms with Crippen LogP contribution in [-0.2, 0) is 64.2 Å². The van der Waals surface area contributed by atoms with Crippen LogP contribution in [0.2, 0.25) is 0 Å². The van der Waals surface area contributed by atoms with Crippen molar-refractivity contribution in [2.45, 2.75) is 139 Å². The Balaban J connectivity index is 0.000000179. The van der Waals surface area contributed by atoms with Crippen molar-refractivity contribution in [2.75, 3.05) is 133 Å². The lowest BCUT2D eigenvalue weighted by molar-refractivity contribution is -0.138. The molecular weight excluding hydrogens is 1510 g/mol. The molecule has 0 bridgehead atoms. The number of fused-ring (bicyclic) bond motifs is 4. The molecule has 2 unspecified atom stereocenters. The number of β-amino-alcohol motifs (C(OH)–C–C–N with tert-alkyl or cyclic N) is 2. The average Bonchev–Trinajstić information content (AvgIpc) is 1.61. The number of rotatable bonds is 38. The predicted octanol–water partition coefficient (Wildman–Crippen LogP) is 3.13. The van der Waals surface area contributed by atoms with E-state index in [0.717, 1.165) is 94.5 Å². The molecule has 8 aliphatic heterocycles. The van der Waals surface area contributed by atoms with Gasteiger partial charge >= 0.3 is 5.97 Å². The second kappa shape index (κ2) is 41.2. The Morgan fingerprint density at radius 2 is 0.949 bits per heavy atom. The number of likely N-dealkylation sites (tertiary alicyclic amines) is 2. The molecule has 0 saturated carbocycles. The van der Waals surface area contributed by atoms with Crippen LogP contribution >= 0.6 is 0 Å². The first-order valence-corrected chi connectivity index (χ1v) is 40.0. The molecule has 11 N–H and O–H groups in total. The first kappa shape index (κ1) is 85.3. The minimum Gasteiger partial charge on any atom is -0.481 e. The Morgan fingerprint density at radius 3 is 1.39 bits per heavy atom. The zero-order chi connectivity index (χ0) is 82.5. The van der Waals surface area contributed by atoms with E-state index >= 15 is 0 Å². The van der Waals surface area contributed by atoms with Gasteiger partial charge in [-0.15, -0.1) is 0 Å². The van der Waals surface area contributed by atoms with Crippen molar-refractivity contribution in [1.82, 2.24) is 60.0 Å². The van der Waals surface area contributed by atoms with Crippen molar-refractivity contribution in [2.24, 2.45) is 5.73 Å². The number of nitrogens with two attached hydrogens (primary N) is 1. The van der Waals surface area contributed by atoms with Crippen molar-refractivity contribution in [3.05, 3.63) is 166 Å². The lowest BCUT2D eigenvalue weighted by Gasteiger charge is -2.39. The number of imide groups is 4. The van der Waals surface area contributed by atoms with Crippen LogP contribution in [0.1, 0.15) is 162 Å². The molecule has 34 nitrogen and oxygen atoms in total. The van der Waals surface area contributed by atoms with Gasteiger partial charge in [-0.05, 0) is 98.0 Å². The molecule has 8 aliphatic rings. The summed E-state index contributed by atoms with van der Waals surface area (Å²) in [5, 5.41) is 46.9. The van der Waals surface area contributed by atoms with E-state index in [4.69, 9.17) is 20.3 Å². The highest BCUT2D eigenvalue weighted by Crippen LogP contribution is 2.35. The minimum absolute atomic E-state index is 0.0509. The Kier molecular flexibility index (Phi) is 30.0. The van der Waals surface area contributed by atoms with E-state index in [0.29, 0.717) is 98.8 Å². The summed E-state index contributed by atoms with van der Waals surface area (Å²) in [5.41, 5.74) is 13.3. The van der Waals surface area contributed by atoms with Crippen LogP contribution in [0.5, 0.6) is 0 Å². The number of Topliss-reactive ketones (excluding diaryl/α,β-unsaturated/α-hetero) is 3. The maximum Gasteiger partial charge on any atom is 0.305 e. The zero-order valence-corrected chi connectivity index (χ0v) is 65.3. The first-order valence-electron chi connectivity index (χ1n) is 40.0. The topological polar surface area (TPSA) is 453 Å². The lowest BCUT2D eigenvalue weighted by Crippen LogP contribution is -2.55. The van der Waals surface area contributed by atoms with Crippen LogP contribution in [0.25, 0.3) is 0 Å². The van der Waals surface area contributed by atoms with Crippen LogP contribution in [-0.4, -0.2) is 283 Å². The second-order valence-corrected chi connectivity index (χ2v) is 30.3. The Labute approximate surface area is 676 Å². The number of ketones is 3. The molecule has 10 heterocycles.